The van der Waals surface area contributed by atoms with E-state index in [1.165, 1.54) is 17.0 Å². The molecule has 0 saturated carbocycles. The summed E-state index contributed by atoms with van der Waals surface area (Å²) in [4.78, 5) is 23.8. The Labute approximate surface area is 91.3 Å². The van der Waals surface area contributed by atoms with Gasteiger partial charge in [0.1, 0.15) is 5.82 Å². The Morgan fingerprint density at radius 2 is 2.12 bits per heavy atom. The van der Waals surface area contributed by atoms with Crippen LogP contribution in [0.25, 0.3) is 0 Å². The van der Waals surface area contributed by atoms with Crippen LogP contribution in [0.3, 0.4) is 0 Å². The van der Waals surface area contributed by atoms with Crippen molar-refractivity contribution in [2.45, 2.75) is 13.0 Å². The standard InChI is InChI=1S/C11H10FNO3/c12-8-1-2-10(7(3-8)6-14)13-5-9(15)4-11(13)16/h1-3,14H,4-6H2. The van der Waals surface area contributed by atoms with Gasteiger partial charge >= 0.3 is 0 Å². The van der Waals surface area contributed by atoms with Gasteiger partial charge in [0.2, 0.25) is 5.91 Å². The number of hydrogen-bond donors (Lipinski definition) is 1. The monoisotopic (exact) mass is 223 g/mol. The number of carbonyl (C=O) groups excluding carboxylic acids is 2. The van der Waals surface area contributed by atoms with Gasteiger partial charge in [-0.05, 0) is 18.2 Å². The number of nitrogens with zero attached hydrogens (tertiary/aromatic N) is 1. The maximum absolute atomic E-state index is 12.9. The van der Waals surface area contributed by atoms with Crippen LogP contribution >= 0.6 is 0 Å². The molecule has 0 atom stereocenters. The molecule has 84 valence electrons. The average Bonchev–Trinajstić information content (AvgIpc) is 2.57. The van der Waals surface area contributed by atoms with Crippen LogP contribution in [0.2, 0.25) is 0 Å². The van der Waals surface area contributed by atoms with Crippen LogP contribution in [0.5, 0.6) is 0 Å². The zero-order valence-corrected chi connectivity index (χ0v) is 8.44. The van der Waals surface area contributed by atoms with Gasteiger partial charge in [0.15, 0.2) is 5.78 Å². The molecule has 1 aliphatic heterocycles. The Bertz CT molecular complexity index is 459. The summed E-state index contributed by atoms with van der Waals surface area (Å²) in [5.41, 5.74) is 0.711. The van der Waals surface area contributed by atoms with Gasteiger partial charge in [-0.3, -0.25) is 9.59 Å². The number of carbonyl (C=O) groups is 2. The van der Waals surface area contributed by atoms with Crippen LogP contribution in [0.4, 0.5) is 10.1 Å². The highest BCUT2D eigenvalue weighted by Crippen LogP contribution is 2.25. The van der Waals surface area contributed by atoms with Crippen molar-refractivity contribution in [3.8, 4) is 0 Å². The average molecular weight is 223 g/mol. The van der Waals surface area contributed by atoms with Crippen LogP contribution in [-0.2, 0) is 16.2 Å². The minimum atomic E-state index is -0.481. The summed E-state index contributed by atoms with van der Waals surface area (Å²) in [5, 5.41) is 9.07. The van der Waals surface area contributed by atoms with Crippen molar-refractivity contribution in [3.63, 3.8) is 0 Å². The highest BCUT2D eigenvalue weighted by molar-refractivity contribution is 6.15. The summed E-state index contributed by atoms with van der Waals surface area (Å²) in [7, 11) is 0. The summed E-state index contributed by atoms with van der Waals surface area (Å²) in [6.07, 6.45) is -0.123. The topological polar surface area (TPSA) is 57.6 Å². The summed E-state index contributed by atoms with van der Waals surface area (Å²) >= 11 is 0. The quantitative estimate of drug-likeness (QED) is 0.748. The lowest BCUT2D eigenvalue weighted by molar-refractivity contribution is -0.121. The second-order valence-electron chi connectivity index (χ2n) is 3.63. The molecule has 1 N–H and O–H groups in total. The number of hydrogen-bond acceptors (Lipinski definition) is 3. The molecule has 0 bridgehead atoms. The molecular formula is C11H10FNO3. The van der Waals surface area contributed by atoms with Crippen LogP contribution in [-0.4, -0.2) is 23.3 Å². The number of anilines is 1. The van der Waals surface area contributed by atoms with Crippen molar-refractivity contribution in [1.82, 2.24) is 0 Å². The molecule has 1 fully saturated rings. The first-order chi connectivity index (χ1) is 7.61. The number of aliphatic hydroxyl groups excluding tert-OH is 1. The van der Waals surface area contributed by atoms with E-state index < -0.39 is 5.82 Å². The largest absolute Gasteiger partial charge is 0.392 e. The van der Waals surface area contributed by atoms with E-state index in [2.05, 4.69) is 0 Å². The second kappa shape index (κ2) is 4.02. The first-order valence-electron chi connectivity index (χ1n) is 4.83. The normalized spacial score (nSPS) is 16.0. The van der Waals surface area contributed by atoms with E-state index in [-0.39, 0.29) is 31.3 Å². The molecule has 0 unspecified atom stereocenters. The van der Waals surface area contributed by atoms with E-state index in [0.717, 1.165) is 6.07 Å². The molecule has 0 aliphatic carbocycles. The third kappa shape index (κ3) is 1.81. The number of rotatable bonds is 2. The van der Waals surface area contributed by atoms with E-state index in [1.807, 2.05) is 0 Å². The van der Waals surface area contributed by atoms with E-state index >= 15 is 0 Å². The Hall–Kier alpha value is -1.75. The number of aliphatic hydroxyl groups is 1. The first kappa shape index (κ1) is 10.8. The molecule has 0 spiro atoms. The van der Waals surface area contributed by atoms with Gasteiger partial charge in [-0.25, -0.2) is 4.39 Å². The molecule has 1 aromatic rings. The zero-order valence-electron chi connectivity index (χ0n) is 8.44. The molecule has 1 heterocycles. The first-order valence-corrected chi connectivity index (χ1v) is 4.83. The maximum Gasteiger partial charge on any atom is 0.234 e. The van der Waals surface area contributed by atoms with Crippen molar-refractivity contribution in [3.05, 3.63) is 29.6 Å². The number of benzene rings is 1. The molecule has 5 heteroatoms. The zero-order chi connectivity index (χ0) is 11.7. The Balaban J connectivity index is 2.40. The highest BCUT2D eigenvalue weighted by atomic mass is 19.1. The van der Waals surface area contributed by atoms with Gasteiger partial charge in [-0.1, -0.05) is 0 Å². The molecule has 1 saturated heterocycles. The molecular weight excluding hydrogens is 213 g/mol. The van der Waals surface area contributed by atoms with Crippen molar-refractivity contribution in [1.29, 1.82) is 0 Å². The fourth-order valence-electron chi connectivity index (χ4n) is 1.75. The van der Waals surface area contributed by atoms with Gasteiger partial charge in [-0.2, -0.15) is 0 Å². The van der Waals surface area contributed by atoms with Gasteiger partial charge < -0.3 is 10.0 Å². The predicted octanol–water partition coefficient (Wildman–Crippen LogP) is 0.624. The van der Waals surface area contributed by atoms with Crippen molar-refractivity contribution in [2.24, 2.45) is 0 Å². The Morgan fingerprint density at radius 3 is 2.69 bits per heavy atom. The van der Waals surface area contributed by atoms with Gasteiger partial charge in [-0.15, -0.1) is 0 Å². The molecule has 16 heavy (non-hydrogen) atoms. The maximum atomic E-state index is 12.9. The molecule has 0 aromatic heterocycles. The number of ketones is 1. The van der Waals surface area contributed by atoms with Gasteiger partial charge in [0.05, 0.1) is 19.6 Å². The molecule has 1 aromatic carbocycles. The second-order valence-corrected chi connectivity index (χ2v) is 3.63. The van der Waals surface area contributed by atoms with Crippen molar-refractivity contribution in [2.75, 3.05) is 11.4 Å². The van der Waals surface area contributed by atoms with Crippen LogP contribution in [0, 0.1) is 5.82 Å². The van der Waals surface area contributed by atoms with Crippen molar-refractivity contribution < 1.29 is 19.1 Å². The number of amides is 1. The highest BCUT2D eigenvalue weighted by Gasteiger charge is 2.29. The Kier molecular flexibility index (Phi) is 2.70. The van der Waals surface area contributed by atoms with E-state index in [4.69, 9.17) is 5.11 Å². The predicted molar refractivity (Wildman–Crippen MR) is 54.3 cm³/mol. The lowest BCUT2D eigenvalue weighted by Gasteiger charge is -2.17. The minimum absolute atomic E-state index is 0.00251. The molecule has 1 amide bonds. The van der Waals surface area contributed by atoms with E-state index in [1.54, 1.807) is 0 Å². The summed E-state index contributed by atoms with van der Waals surface area (Å²) < 4.78 is 12.9. The van der Waals surface area contributed by atoms with E-state index in [0.29, 0.717) is 11.3 Å². The van der Waals surface area contributed by atoms with Gasteiger partial charge in [0, 0.05) is 11.3 Å². The van der Waals surface area contributed by atoms with Crippen LogP contribution in [0.1, 0.15) is 12.0 Å². The summed E-state index contributed by atoms with van der Waals surface area (Å²) in [6, 6.07) is 3.76. The number of Topliss-reactive ketones (excluding diaryl/α,β-unsaturated/α-hetero) is 1. The van der Waals surface area contributed by atoms with Crippen LogP contribution in [0.15, 0.2) is 18.2 Å². The fraction of sp³-hybridized carbons (Fsp3) is 0.273. The molecule has 4 nitrogen and oxygen atoms in total. The lowest BCUT2D eigenvalue weighted by atomic mass is 10.1. The number of halogens is 1. The molecule has 1 aliphatic rings. The third-order valence-electron chi connectivity index (χ3n) is 2.49. The van der Waals surface area contributed by atoms with Crippen LogP contribution < -0.4 is 4.90 Å². The molecule has 0 radical (unpaired) electrons. The SMILES string of the molecule is O=C1CC(=O)N(c2ccc(F)cc2CO)C1. The Morgan fingerprint density at radius 1 is 1.38 bits per heavy atom. The summed E-state index contributed by atoms with van der Waals surface area (Å²) in [5.74, 6) is -0.963. The minimum Gasteiger partial charge on any atom is -0.392 e. The fourth-order valence-corrected chi connectivity index (χ4v) is 1.75. The summed E-state index contributed by atoms with van der Waals surface area (Å²) in [6.45, 7) is -0.372. The third-order valence-corrected chi connectivity index (χ3v) is 2.49. The smallest absolute Gasteiger partial charge is 0.234 e. The lowest BCUT2D eigenvalue weighted by Crippen LogP contribution is -2.25. The molecule has 2 rings (SSSR count). The van der Waals surface area contributed by atoms with E-state index in [9.17, 15) is 14.0 Å². The van der Waals surface area contributed by atoms with Gasteiger partial charge in [0.25, 0.3) is 0 Å². The van der Waals surface area contributed by atoms with Crippen molar-refractivity contribution >= 4 is 17.4 Å².